The third-order valence-corrected chi connectivity index (χ3v) is 24.4. The standard InChI is InChI=1S/C22H20N2O3.2C21H18N2O4.C21H18N2O3.4C2H6/c1-4-22(3)16-9-18-19-14(12(2)13-7-5-6-8-17(13)23-19)10-24(18)20(25)15(16)11-27-21(22)26;1-3-21(2)15-9-17-18-13(8-12-6-4-5-7-16(12)23(18)26)10-22(17)19(24)14(15)11-27-20(21)25;1-3-21(2)14-8-16-17-12(18(24)11-6-4-5-7-15(11)22-17)9-23(16)19(25)13(14)10-27-20(21)26;1-3-21(2)15-9-17-18-13(8-12-6-4-5-7-16(12)22-18)10-23(17)19(24)14(15)11-26-20(21)25;4*1-2/h5-9H,4,10-11H2,1-3H3;4-9H,3,10-11H2,1-2H3;4-8H,3,9-10H2,1-2H3,(H,22,24);4-9H,3,10-11H2,1-2H3;4*1-2H3. The lowest BCUT2D eigenvalue weighted by atomic mass is 9.76. The molecule has 12 aromatic rings. The van der Waals surface area contributed by atoms with Gasteiger partial charge >= 0.3 is 23.9 Å². The average molecular weight is 1550 g/mol. The van der Waals surface area contributed by atoms with Crippen LogP contribution in [0.25, 0.3) is 89.2 Å². The third kappa shape index (κ3) is 12.6. The first-order chi connectivity index (χ1) is 55.4. The average Bonchev–Trinajstić information content (AvgIpc) is 1.62. The minimum Gasteiger partial charge on any atom is -0.618 e. The maximum atomic E-state index is 13.2. The summed E-state index contributed by atoms with van der Waals surface area (Å²) in [5.74, 6) is -1.16. The van der Waals surface area contributed by atoms with Crippen LogP contribution in [0.2, 0.25) is 0 Å². The highest BCUT2D eigenvalue weighted by molar-refractivity contribution is 5.92. The monoisotopic (exact) mass is 1550 g/mol. The molecule has 0 saturated heterocycles. The van der Waals surface area contributed by atoms with Crippen LogP contribution in [0.15, 0.2) is 157 Å². The predicted octanol–water partition coefficient (Wildman–Crippen LogP) is 15.5. The number of ether oxygens (including phenoxy) is 4. The largest absolute Gasteiger partial charge is 0.618 e. The number of aromatic nitrogens is 8. The quantitative estimate of drug-likeness (QED) is 0.0742. The lowest BCUT2D eigenvalue weighted by Crippen LogP contribution is -2.42. The van der Waals surface area contributed by atoms with Crippen LogP contribution in [-0.2, 0) is 112 Å². The van der Waals surface area contributed by atoms with Crippen molar-refractivity contribution in [3.05, 3.63) is 263 Å². The van der Waals surface area contributed by atoms with Gasteiger partial charge in [-0.2, -0.15) is 4.73 Å². The summed E-state index contributed by atoms with van der Waals surface area (Å²) in [6, 6.07) is 42.4. The number of carbonyl (C=O) groups excluding carboxylic acids is 4. The number of rotatable bonds is 4. The first-order valence-corrected chi connectivity index (χ1v) is 40.2. The Morgan fingerprint density at radius 1 is 0.409 bits per heavy atom. The summed E-state index contributed by atoms with van der Waals surface area (Å²) >= 11 is 0. The van der Waals surface area contributed by atoms with E-state index in [-0.39, 0.29) is 84.5 Å². The number of benzene rings is 4. The van der Waals surface area contributed by atoms with Crippen LogP contribution in [-0.4, -0.2) is 57.1 Å². The van der Waals surface area contributed by atoms with Gasteiger partial charge in [0.1, 0.15) is 32.1 Å². The maximum absolute atomic E-state index is 13.2. The Morgan fingerprint density at radius 3 is 1.30 bits per heavy atom. The van der Waals surface area contributed by atoms with Crippen molar-refractivity contribution in [3.63, 3.8) is 0 Å². The van der Waals surface area contributed by atoms with Gasteiger partial charge in [-0.15, -0.1) is 0 Å². The van der Waals surface area contributed by atoms with Crippen molar-refractivity contribution < 1.29 is 42.9 Å². The zero-order valence-corrected chi connectivity index (χ0v) is 68.5. The fraction of sp³-hybridized carbons (Fsp3) is 0.355. The molecule has 0 amide bonds. The van der Waals surface area contributed by atoms with E-state index in [4.69, 9.17) is 28.9 Å². The molecule has 4 aromatic carbocycles. The molecule has 4 unspecified atom stereocenters. The molecule has 8 aliphatic rings. The molecule has 1 N–H and O–H groups in total. The third-order valence-electron chi connectivity index (χ3n) is 24.4. The molecule has 0 bridgehead atoms. The fourth-order valence-corrected chi connectivity index (χ4v) is 17.0. The number of para-hydroxylation sites is 4. The van der Waals surface area contributed by atoms with Crippen LogP contribution in [0.1, 0.15) is 209 Å². The Hall–Kier alpha value is -12.2. The van der Waals surface area contributed by atoms with Gasteiger partial charge in [0.15, 0.2) is 5.43 Å². The number of nitrogens with one attached hydrogen (secondary N) is 1. The molecule has 8 aromatic heterocycles. The number of aromatic amines is 1. The number of hydrogen-bond donors (Lipinski definition) is 1. The summed E-state index contributed by atoms with van der Waals surface area (Å²) in [5, 5.41) is 16.7. The topological polar surface area (TPSA) is 279 Å². The predicted molar refractivity (Wildman–Crippen MR) is 446 cm³/mol. The van der Waals surface area contributed by atoms with Gasteiger partial charge in [-0.1, -0.05) is 144 Å². The first-order valence-electron chi connectivity index (χ1n) is 40.2. The SMILES string of the molecule is CC.CC.CC.CC.CCC1(C)C(=O)OCc2c1cc1n(c2=O)Cc2c-1[nH]c1ccccc1c2=O.CCC1(C)C(=O)OCc2c1cc1n(c2=O)Cc2c-1nc1ccccc1c2C.CCC1(C)C(=O)OCc2c1cc1n(c2=O)Cc2cc3ccccc3[n+]([O-])c2-1.CCC1(C)C(=O)OCc2c1cc1n(c2=O)Cc2cc3ccccc3nc2-1. The van der Waals surface area contributed by atoms with E-state index in [9.17, 15) is 48.4 Å². The van der Waals surface area contributed by atoms with E-state index in [1.54, 1.807) is 37.3 Å². The van der Waals surface area contributed by atoms with Crippen molar-refractivity contribution in [2.24, 2.45) is 0 Å². The highest BCUT2D eigenvalue weighted by Crippen LogP contribution is 2.45. The van der Waals surface area contributed by atoms with E-state index < -0.39 is 21.7 Å². The molecule has 0 radical (unpaired) electrons. The normalized spacial score (nSPS) is 19.0. The number of pyridine rings is 8. The molecule has 8 aliphatic heterocycles. The molecule has 0 spiro atoms. The number of hydrogen-bond acceptors (Lipinski definition) is 16. The summed E-state index contributed by atoms with van der Waals surface area (Å²) < 4.78 is 28.9. The van der Waals surface area contributed by atoms with Crippen LogP contribution in [0.3, 0.4) is 0 Å². The van der Waals surface area contributed by atoms with E-state index in [0.29, 0.717) is 118 Å². The summed E-state index contributed by atoms with van der Waals surface area (Å²) in [5.41, 5.74) is 14.7. The lowest BCUT2D eigenvalue weighted by Gasteiger charge is -2.33. The van der Waals surface area contributed by atoms with Gasteiger partial charge in [0.25, 0.3) is 22.2 Å². The number of nitrogens with zero attached hydrogens (tertiary/aromatic N) is 7. The second kappa shape index (κ2) is 31.3. The zero-order chi connectivity index (χ0) is 82.8. The first kappa shape index (κ1) is 80.8. The lowest BCUT2D eigenvalue weighted by molar-refractivity contribution is -0.565. The molecule has 22 heteroatoms. The number of carbonyl (C=O) groups is 4. The molecule has 16 heterocycles. The molecule has 4 atom stereocenters. The molecule has 22 nitrogen and oxygen atoms in total. The molecule has 0 saturated carbocycles. The van der Waals surface area contributed by atoms with Gasteiger partial charge in [-0.3, -0.25) is 47.7 Å². The molecule has 594 valence electrons. The minimum atomic E-state index is -0.879. The van der Waals surface area contributed by atoms with E-state index >= 15 is 0 Å². The van der Waals surface area contributed by atoms with Crippen LogP contribution < -0.4 is 32.4 Å². The van der Waals surface area contributed by atoms with Crippen LogP contribution >= 0.6 is 0 Å². The number of aryl methyl sites for hydroxylation is 1. The highest BCUT2D eigenvalue weighted by atomic mass is 16.5. The van der Waals surface area contributed by atoms with Gasteiger partial charge in [-0.25, -0.2) is 9.97 Å². The molecule has 0 aliphatic carbocycles. The van der Waals surface area contributed by atoms with Crippen molar-refractivity contribution in [3.8, 4) is 45.6 Å². The van der Waals surface area contributed by atoms with Crippen molar-refractivity contribution in [2.45, 2.75) is 218 Å². The van der Waals surface area contributed by atoms with Crippen LogP contribution in [0.4, 0.5) is 0 Å². The Balaban J connectivity index is 0.000000130. The van der Waals surface area contributed by atoms with Crippen molar-refractivity contribution in [1.29, 1.82) is 0 Å². The summed E-state index contributed by atoms with van der Waals surface area (Å²) in [4.78, 5) is 128. The molecular formula is C93H98N8O14. The Kier molecular flexibility index (Phi) is 22.0. The zero-order valence-electron chi connectivity index (χ0n) is 68.5. The highest BCUT2D eigenvalue weighted by Gasteiger charge is 2.48. The maximum Gasteiger partial charge on any atom is 0.316 e. The van der Waals surface area contributed by atoms with Crippen molar-refractivity contribution in [1.82, 2.24) is 33.2 Å². The molecule has 115 heavy (non-hydrogen) atoms. The molecule has 20 rings (SSSR count). The van der Waals surface area contributed by atoms with E-state index in [1.165, 1.54) is 0 Å². The Labute approximate surface area is 666 Å². The second-order valence-corrected chi connectivity index (χ2v) is 29.8. The smallest absolute Gasteiger partial charge is 0.316 e. The van der Waals surface area contributed by atoms with E-state index in [2.05, 4.69) is 24.0 Å². The summed E-state index contributed by atoms with van der Waals surface area (Å²) in [7, 11) is 0. The molecule has 0 fully saturated rings. The Morgan fingerprint density at radius 2 is 0.783 bits per heavy atom. The van der Waals surface area contributed by atoms with Gasteiger partial charge in [0.2, 0.25) is 11.2 Å². The number of cyclic esters (lactones) is 4. The van der Waals surface area contributed by atoms with Crippen LogP contribution in [0, 0.1) is 12.1 Å². The van der Waals surface area contributed by atoms with Gasteiger partial charge in [0.05, 0.1) is 115 Å². The van der Waals surface area contributed by atoms with Gasteiger partial charge < -0.3 is 42.8 Å². The van der Waals surface area contributed by atoms with E-state index in [1.807, 2.05) is 213 Å². The van der Waals surface area contributed by atoms with Gasteiger partial charge in [-0.05, 0) is 155 Å². The Bertz CT molecular complexity index is 6380. The van der Waals surface area contributed by atoms with Crippen molar-refractivity contribution in [2.75, 3.05) is 0 Å². The van der Waals surface area contributed by atoms with Crippen LogP contribution in [0.5, 0.6) is 0 Å². The van der Waals surface area contributed by atoms with Crippen molar-refractivity contribution >= 4 is 67.5 Å². The summed E-state index contributed by atoms with van der Waals surface area (Å²) in [6.07, 6.45) is 2.21. The second-order valence-electron chi connectivity index (χ2n) is 29.8. The summed E-state index contributed by atoms with van der Waals surface area (Å²) in [6.45, 7) is 34.8. The number of fused-ring (bicyclic) bond motifs is 20. The number of H-pyrrole nitrogens is 1. The number of esters is 4. The van der Waals surface area contributed by atoms with Gasteiger partial charge in [0, 0.05) is 55.4 Å². The van der Waals surface area contributed by atoms with E-state index in [0.717, 1.165) is 93.6 Å². The fourth-order valence-electron chi connectivity index (χ4n) is 17.0. The molecular weight excluding hydrogens is 1450 g/mol. The minimum absolute atomic E-state index is 0.0153.